The van der Waals surface area contributed by atoms with Crippen LogP contribution in [0.15, 0.2) is 36.7 Å². The number of hydrogen-bond donors (Lipinski definition) is 2. The summed E-state index contributed by atoms with van der Waals surface area (Å²) in [6, 6.07) is 5.80. The maximum Gasteiger partial charge on any atom is 0.303 e. The lowest BCUT2D eigenvalue weighted by Crippen LogP contribution is -2.13. The summed E-state index contributed by atoms with van der Waals surface area (Å²) in [5.41, 5.74) is 6.74. The molecule has 6 heteroatoms. The summed E-state index contributed by atoms with van der Waals surface area (Å²) >= 11 is 0. The summed E-state index contributed by atoms with van der Waals surface area (Å²) in [6.45, 7) is 0. The van der Waals surface area contributed by atoms with Crippen molar-refractivity contribution in [3.8, 4) is 5.69 Å². The average molecular weight is 263 g/mol. The average Bonchev–Trinajstić information content (AvgIpc) is 2.89. The molecule has 2 rings (SSSR count). The van der Waals surface area contributed by atoms with Gasteiger partial charge < -0.3 is 10.8 Å². The van der Waals surface area contributed by atoms with Gasteiger partial charge in [0.15, 0.2) is 0 Å². The van der Waals surface area contributed by atoms with E-state index in [-0.39, 0.29) is 12.8 Å². The molecule has 0 fully saturated rings. The van der Waals surface area contributed by atoms with Crippen LogP contribution in [0, 0.1) is 5.82 Å². The minimum Gasteiger partial charge on any atom is -0.481 e. The highest BCUT2D eigenvalue weighted by atomic mass is 19.1. The third-order valence-electron chi connectivity index (χ3n) is 2.82. The molecule has 100 valence electrons. The highest BCUT2D eigenvalue weighted by Gasteiger charge is 2.12. The highest BCUT2D eigenvalue weighted by molar-refractivity contribution is 5.66. The lowest BCUT2D eigenvalue weighted by atomic mass is 10.0. The molecule has 0 aliphatic rings. The van der Waals surface area contributed by atoms with Gasteiger partial charge in [-0.2, -0.15) is 5.10 Å². The van der Waals surface area contributed by atoms with Crippen LogP contribution in [0.3, 0.4) is 0 Å². The zero-order chi connectivity index (χ0) is 13.8. The smallest absolute Gasteiger partial charge is 0.303 e. The number of aromatic nitrogens is 2. The predicted octanol–water partition coefficient (Wildman–Crippen LogP) is 1.88. The number of aliphatic carboxylic acids is 1. The van der Waals surface area contributed by atoms with Crippen LogP contribution in [0.25, 0.3) is 5.69 Å². The Bertz CT molecular complexity index is 569. The molecule has 1 heterocycles. The van der Waals surface area contributed by atoms with Crippen molar-refractivity contribution in [1.29, 1.82) is 0 Å². The molecule has 0 radical (unpaired) electrons. The van der Waals surface area contributed by atoms with E-state index in [2.05, 4.69) is 5.10 Å². The zero-order valence-corrected chi connectivity index (χ0v) is 10.2. The first-order valence-corrected chi connectivity index (χ1v) is 5.85. The van der Waals surface area contributed by atoms with E-state index in [1.54, 1.807) is 30.6 Å². The van der Waals surface area contributed by atoms with Gasteiger partial charge in [0.05, 0.1) is 0 Å². The summed E-state index contributed by atoms with van der Waals surface area (Å²) in [5, 5.41) is 12.5. The number of carbonyl (C=O) groups is 1. The minimum absolute atomic E-state index is 0.0380. The zero-order valence-electron chi connectivity index (χ0n) is 10.2. The van der Waals surface area contributed by atoms with E-state index in [1.165, 1.54) is 10.7 Å². The van der Waals surface area contributed by atoms with Gasteiger partial charge in [-0.1, -0.05) is 6.07 Å². The number of carboxylic acid groups (broad SMARTS) is 1. The Labute approximate surface area is 109 Å². The molecular formula is C13H14FN3O2. The fraction of sp³-hybridized carbons (Fsp3) is 0.231. The van der Waals surface area contributed by atoms with Crippen molar-refractivity contribution in [2.75, 3.05) is 0 Å². The van der Waals surface area contributed by atoms with Gasteiger partial charge in [-0.15, -0.1) is 0 Å². The Balaban J connectivity index is 2.17. The summed E-state index contributed by atoms with van der Waals surface area (Å²) in [5.74, 6) is -1.35. The molecule has 0 bridgehead atoms. The molecule has 2 aromatic rings. The fourth-order valence-electron chi connectivity index (χ4n) is 1.80. The molecule has 0 amide bonds. The van der Waals surface area contributed by atoms with E-state index in [0.29, 0.717) is 11.3 Å². The SMILES string of the molecule is NC(CCC(=O)O)c1ccc(-n2cccn2)c(F)c1. The Morgan fingerprint density at radius 1 is 1.53 bits per heavy atom. The van der Waals surface area contributed by atoms with Gasteiger partial charge in [-0.05, 0) is 30.2 Å². The van der Waals surface area contributed by atoms with E-state index in [1.807, 2.05) is 0 Å². The first-order chi connectivity index (χ1) is 9.08. The molecule has 0 spiro atoms. The molecule has 0 aliphatic carbocycles. The van der Waals surface area contributed by atoms with E-state index in [4.69, 9.17) is 10.8 Å². The van der Waals surface area contributed by atoms with Crippen LogP contribution >= 0.6 is 0 Å². The topological polar surface area (TPSA) is 81.1 Å². The number of hydrogen-bond acceptors (Lipinski definition) is 3. The van der Waals surface area contributed by atoms with Crippen LogP contribution in [0.2, 0.25) is 0 Å². The maximum atomic E-state index is 13.9. The normalized spacial score (nSPS) is 12.3. The van der Waals surface area contributed by atoms with Gasteiger partial charge in [-0.25, -0.2) is 9.07 Å². The summed E-state index contributed by atoms with van der Waals surface area (Å²) in [4.78, 5) is 10.5. The Morgan fingerprint density at radius 3 is 2.89 bits per heavy atom. The standard InChI is InChI=1S/C13H14FN3O2/c14-10-8-9(11(15)3-5-13(18)19)2-4-12(10)17-7-1-6-16-17/h1-2,4,6-8,11H,3,5,15H2,(H,18,19). The molecule has 19 heavy (non-hydrogen) atoms. The van der Waals surface area contributed by atoms with E-state index in [0.717, 1.165) is 0 Å². The van der Waals surface area contributed by atoms with Gasteiger partial charge in [0.2, 0.25) is 0 Å². The van der Waals surface area contributed by atoms with Crippen molar-refractivity contribution in [1.82, 2.24) is 9.78 Å². The summed E-state index contributed by atoms with van der Waals surface area (Å²) in [6.07, 6.45) is 3.44. The first-order valence-electron chi connectivity index (χ1n) is 5.85. The molecular weight excluding hydrogens is 249 g/mol. The largest absolute Gasteiger partial charge is 0.481 e. The van der Waals surface area contributed by atoms with Gasteiger partial charge in [0.1, 0.15) is 11.5 Å². The predicted molar refractivity (Wildman–Crippen MR) is 67.3 cm³/mol. The molecule has 0 saturated heterocycles. The van der Waals surface area contributed by atoms with Crippen LogP contribution < -0.4 is 5.73 Å². The molecule has 3 N–H and O–H groups in total. The quantitative estimate of drug-likeness (QED) is 0.863. The van der Waals surface area contributed by atoms with Crippen molar-refractivity contribution in [3.63, 3.8) is 0 Å². The van der Waals surface area contributed by atoms with Gasteiger partial charge in [0.25, 0.3) is 0 Å². The number of carboxylic acids is 1. The van der Waals surface area contributed by atoms with Crippen molar-refractivity contribution >= 4 is 5.97 Å². The van der Waals surface area contributed by atoms with Crippen molar-refractivity contribution in [3.05, 3.63) is 48.0 Å². The van der Waals surface area contributed by atoms with E-state index >= 15 is 0 Å². The molecule has 0 saturated carbocycles. The van der Waals surface area contributed by atoms with E-state index < -0.39 is 17.8 Å². The second kappa shape index (κ2) is 5.62. The van der Waals surface area contributed by atoms with Gasteiger partial charge in [0, 0.05) is 24.9 Å². The van der Waals surface area contributed by atoms with Crippen LogP contribution in [0.1, 0.15) is 24.4 Å². The third-order valence-corrected chi connectivity index (χ3v) is 2.82. The lowest BCUT2D eigenvalue weighted by molar-refractivity contribution is -0.137. The van der Waals surface area contributed by atoms with Crippen molar-refractivity contribution in [2.45, 2.75) is 18.9 Å². The Hall–Kier alpha value is -2.21. The minimum atomic E-state index is -0.913. The fourth-order valence-corrected chi connectivity index (χ4v) is 1.80. The molecule has 0 aliphatic heterocycles. The molecule has 1 unspecified atom stereocenters. The molecule has 1 atom stereocenters. The summed E-state index contributed by atoms with van der Waals surface area (Å²) in [7, 11) is 0. The highest BCUT2D eigenvalue weighted by Crippen LogP contribution is 2.20. The molecule has 1 aromatic heterocycles. The van der Waals surface area contributed by atoms with Gasteiger partial charge in [-0.3, -0.25) is 4.79 Å². The second-order valence-electron chi connectivity index (χ2n) is 4.20. The van der Waals surface area contributed by atoms with E-state index in [9.17, 15) is 9.18 Å². The van der Waals surface area contributed by atoms with Crippen LogP contribution in [0.5, 0.6) is 0 Å². The molecule has 1 aromatic carbocycles. The van der Waals surface area contributed by atoms with Crippen molar-refractivity contribution in [2.24, 2.45) is 5.73 Å². The second-order valence-corrected chi connectivity index (χ2v) is 4.20. The van der Waals surface area contributed by atoms with Crippen molar-refractivity contribution < 1.29 is 14.3 Å². The third kappa shape index (κ3) is 3.17. The number of halogens is 1. The number of nitrogens with zero attached hydrogens (tertiary/aromatic N) is 2. The maximum absolute atomic E-state index is 13.9. The number of rotatable bonds is 5. The van der Waals surface area contributed by atoms with Gasteiger partial charge >= 0.3 is 5.97 Å². The summed E-state index contributed by atoms with van der Waals surface area (Å²) < 4.78 is 15.4. The monoisotopic (exact) mass is 263 g/mol. The molecule has 5 nitrogen and oxygen atoms in total. The number of benzene rings is 1. The number of nitrogens with two attached hydrogens (primary N) is 1. The van der Waals surface area contributed by atoms with Crippen LogP contribution in [0.4, 0.5) is 4.39 Å². The van der Waals surface area contributed by atoms with Crippen LogP contribution in [-0.4, -0.2) is 20.9 Å². The first kappa shape index (κ1) is 13.2. The van der Waals surface area contributed by atoms with Crippen LogP contribution in [-0.2, 0) is 4.79 Å². The Kier molecular flexibility index (Phi) is 3.91. The Morgan fingerprint density at radius 2 is 2.32 bits per heavy atom. The lowest BCUT2D eigenvalue weighted by Gasteiger charge is -2.12.